The summed E-state index contributed by atoms with van der Waals surface area (Å²) >= 11 is 0. The van der Waals surface area contributed by atoms with E-state index in [1.54, 1.807) is 18.2 Å². The van der Waals surface area contributed by atoms with Gasteiger partial charge in [-0.2, -0.15) is 0 Å². The molecule has 0 radical (unpaired) electrons. The van der Waals surface area contributed by atoms with Crippen molar-refractivity contribution < 1.29 is 24.5 Å². The number of pyridine rings is 1. The van der Waals surface area contributed by atoms with E-state index in [9.17, 15) is 19.8 Å². The Bertz CT molecular complexity index is 837. The maximum atomic E-state index is 11.7. The van der Waals surface area contributed by atoms with Crippen molar-refractivity contribution in [3.63, 3.8) is 0 Å². The van der Waals surface area contributed by atoms with Crippen LogP contribution in [-0.4, -0.2) is 34.0 Å². The number of ether oxygens (including phenoxy) is 1. The molecule has 0 aliphatic rings. The molecule has 2 aromatic rings. The van der Waals surface area contributed by atoms with Crippen molar-refractivity contribution in [2.45, 2.75) is 13.8 Å². The van der Waals surface area contributed by atoms with Crippen LogP contribution >= 0.6 is 0 Å². The Morgan fingerprint density at radius 2 is 1.74 bits per heavy atom. The number of carbonyl (C=O) groups is 2. The molecule has 0 bridgehead atoms. The summed E-state index contributed by atoms with van der Waals surface area (Å²) in [6, 6.07) is 5.05. The van der Waals surface area contributed by atoms with Crippen LogP contribution in [0.1, 0.15) is 19.5 Å². The Hall–Kier alpha value is -3.37. The van der Waals surface area contributed by atoms with Gasteiger partial charge in [-0.1, -0.05) is 19.9 Å². The molecule has 0 fully saturated rings. The van der Waals surface area contributed by atoms with Gasteiger partial charge in [0.15, 0.2) is 11.6 Å². The zero-order valence-corrected chi connectivity index (χ0v) is 15.8. The molecule has 0 atom stereocenters. The van der Waals surface area contributed by atoms with E-state index in [0.717, 1.165) is 0 Å². The lowest BCUT2D eigenvalue weighted by Gasteiger charge is -2.21. The van der Waals surface area contributed by atoms with E-state index in [1.807, 2.05) is 0 Å². The molecular weight excluding hydrogens is 354 g/mol. The van der Waals surface area contributed by atoms with E-state index in [1.165, 1.54) is 33.4 Å². The predicted molar refractivity (Wildman–Crippen MR) is 95.6 cm³/mol. The third-order valence-electron chi connectivity index (χ3n) is 3.38. The quantitative estimate of drug-likeness (QED) is 0.664. The number of quaternary nitrogens is 2. The number of carbonyl (C=O) groups excluding carboxylic acids is 2. The smallest absolute Gasteiger partial charge is 0.178 e. The Morgan fingerprint density at radius 3 is 2.19 bits per heavy atom. The Balaban J connectivity index is 0.00000338. The highest BCUT2D eigenvalue weighted by molar-refractivity contribution is 6.20. The molecule has 27 heavy (non-hydrogen) atoms. The molecule has 2 rings (SSSR count). The molecule has 0 aliphatic heterocycles. The maximum Gasteiger partial charge on any atom is 0.178 e. The van der Waals surface area contributed by atoms with Crippen molar-refractivity contribution in [1.82, 2.24) is 27.3 Å². The van der Waals surface area contributed by atoms with Crippen LogP contribution in [0.25, 0.3) is 17.1 Å². The molecule has 0 aromatic carbocycles. The van der Waals surface area contributed by atoms with E-state index in [2.05, 4.69) is 15.0 Å². The molecule has 0 amide bonds. The largest absolute Gasteiger partial charge is 0.545 e. The number of nitrogens with zero attached hydrogens (tertiary/aromatic N) is 3. The zero-order valence-electron chi connectivity index (χ0n) is 15.8. The standard InChI is InChI=1S/C17H17N3O5.2H3N/c1-9(2)12(16(21)22)13(17(23)24)14-11(25-3)8-19-15(20-14)10-6-4-5-7-18-10;;/h4-9H,1-3H3,(H,21,22)(H,23,24);2*1H3/b13-12+;;. The maximum absolute atomic E-state index is 11.7. The first kappa shape index (κ1) is 23.6. The number of hydrogen-bond acceptors (Lipinski definition) is 8. The number of carboxylic acids is 2. The SMILES string of the molecule is COc1cnc(-c2ccccn2)nc1/C(C(=O)[O-])=C(\C(=O)[O-])C(C)C.[NH4+].[NH4+]. The van der Waals surface area contributed by atoms with Crippen LogP contribution in [0.5, 0.6) is 5.75 Å². The Labute approximate surface area is 156 Å². The second-order valence-corrected chi connectivity index (χ2v) is 5.34. The van der Waals surface area contributed by atoms with E-state index >= 15 is 0 Å². The van der Waals surface area contributed by atoms with Crippen LogP contribution in [0.15, 0.2) is 36.2 Å². The highest BCUT2D eigenvalue weighted by Crippen LogP contribution is 2.30. The molecule has 8 N–H and O–H groups in total. The van der Waals surface area contributed by atoms with Gasteiger partial charge in [-0.05, 0) is 23.6 Å². The summed E-state index contributed by atoms with van der Waals surface area (Å²) in [7, 11) is 1.30. The van der Waals surface area contributed by atoms with E-state index < -0.39 is 29.0 Å². The number of rotatable bonds is 6. The van der Waals surface area contributed by atoms with Crippen molar-refractivity contribution in [3.05, 3.63) is 41.9 Å². The summed E-state index contributed by atoms with van der Waals surface area (Å²) in [6.45, 7) is 3.06. The van der Waals surface area contributed by atoms with Crippen LogP contribution < -0.4 is 27.3 Å². The van der Waals surface area contributed by atoms with Crippen molar-refractivity contribution in [2.75, 3.05) is 7.11 Å². The van der Waals surface area contributed by atoms with Crippen LogP contribution in [-0.2, 0) is 9.59 Å². The van der Waals surface area contributed by atoms with Crippen LogP contribution in [0.2, 0.25) is 0 Å². The topological polar surface area (TPSA) is 201 Å². The number of methoxy groups -OCH3 is 1. The first-order valence-electron chi connectivity index (χ1n) is 7.36. The van der Waals surface area contributed by atoms with Crippen molar-refractivity contribution in [1.29, 1.82) is 0 Å². The molecule has 0 spiro atoms. The molecule has 0 saturated carbocycles. The summed E-state index contributed by atoms with van der Waals surface area (Å²) in [5.74, 6) is -3.84. The molecule has 0 unspecified atom stereocenters. The molecular formula is C17H23N5O5. The zero-order chi connectivity index (χ0) is 18.6. The van der Waals surface area contributed by atoms with Gasteiger partial charge in [0.05, 0.1) is 25.2 Å². The molecule has 10 heteroatoms. The lowest BCUT2D eigenvalue weighted by Crippen LogP contribution is -2.33. The minimum atomic E-state index is -1.70. The van der Waals surface area contributed by atoms with Gasteiger partial charge in [-0.3, -0.25) is 4.98 Å². The predicted octanol–water partition coefficient (Wildman–Crippen LogP) is 0.209. The van der Waals surface area contributed by atoms with Crippen molar-refractivity contribution >= 4 is 17.5 Å². The minimum absolute atomic E-state index is 0. The van der Waals surface area contributed by atoms with Gasteiger partial charge >= 0.3 is 0 Å². The van der Waals surface area contributed by atoms with E-state index in [4.69, 9.17) is 4.74 Å². The molecule has 2 aromatic heterocycles. The summed E-state index contributed by atoms with van der Waals surface area (Å²) < 4.78 is 5.09. The first-order valence-corrected chi connectivity index (χ1v) is 7.36. The van der Waals surface area contributed by atoms with Crippen molar-refractivity contribution in [2.24, 2.45) is 5.92 Å². The van der Waals surface area contributed by atoms with E-state index in [-0.39, 0.29) is 29.6 Å². The average molecular weight is 377 g/mol. The third kappa shape index (κ3) is 5.06. The lowest BCUT2D eigenvalue weighted by molar-refractivity contribution is -0.302. The monoisotopic (exact) mass is 377 g/mol. The van der Waals surface area contributed by atoms with Gasteiger partial charge in [0, 0.05) is 11.8 Å². The summed E-state index contributed by atoms with van der Waals surface area (Å²) in [4.78, 5) is 35.5. The number of carboxylic acid groups (broad SMARTS) is 2. The van der Waals surface area contributed by atoms with Crippen LogP contribution in [0.4, 0.5) is 0 Å². The van der Waals surface area contributed by atoms with Gasteiger partial charge < -0.3 is 36.8 Å². The van der Waals surface area contributed by atoms with Gasteiger partial charge in [0.2, 0.25) is 0 Å². The highest BCUT2D eigenvalue weighted by Gasteiger charge is 2.21. The minimum Gasteiger partial charge on any atom is -0.545 e. The van der Waals surface area contributed by atoms with Crippen LogP contribution in [0, 0.1) is 5.92 Å². The fourth-order valence-corrected chi connectivity index (χ4v) is 2.28. The van der Waals surface area contributed by atoms with E-state index in [0.29, 0.717) is 5.69 Å². The van der Waals surface area contributed by atoms with Crippen LogP contribution in [0.3, 0.4) is 0 Å². The second kappa shape index (κ2) is 9.94. The average Bonchev–Trinajstić information content (AvgIpc) is 2.58. The van der Waals surface area contributed by atoms with Gasteiger partial charge in [-0.15, -0.1) is 0 Å². The molecule has 0 aliphatic carbocycles. The number of hydrogen-bond donors (Lipinski definition) is 2. The molecule has 10 nitrogen and oxygen atoms in total. The summed E-state index contributed by atoms with van der Waals surface area (Å²) in [5, 5.41) is 23.1. The summed E-state index contributed by atoms with van der Waals surface area (Å²) in [5.41, 5.74) is -0.856. The highest BCUT2D eigenvalue weighted by atomic mass is 16.5. The van der Waals surface area contributed by atoms with Gasteiger partial charge in [0.25, 0.3) is 0 Å². The second-order valence-electron chi connectivity index (χ2n) is 5.34. The Morgan fingerprint density at radius 1 is 1.07 bits per heavy atom. The fraction of sp³-hybridized carbons (Fsp3) is 0.235. The molecule has 0 saturated heterocycles. The third-order valence-corrected chi connectivity index (χ3v) is 3.38. The normalized spacial score (nSPS) is 11.0. The molecule has 2 heterocycles. The fourth-order valence-electron chi connectivity index (χ4n) is 2.28. The van der Waals surface area contributed by atoms with Gasteiger partial charge in [0.1, 0.15) is 11.4 Å². The lowest BCUT2D eigenvalue weighted by atomic mass is 9.94. The molecule has 146 valence electrons. The summed E-state index contributed by atoms with van der Waals surface area (Å²) in [6.07, 6.45) is 2.78. The number of aromatic nitrogens is 3. The Kier molecular flexibility index (Phi) is 8.70. The van der Waals surface area contributed by atoms with Crippen molar-refractivity contribution in [3.8, 4) is 17.3 Å². The number of aliphatic carboxylic acids is 2. The first-order chi connectivity index (χ1) is 11.9. The van der Waals surface area contributed by atoms with Gasteiger partial charge in [-0.25, -0.2) is 9.97 Å².